The minimum absolute atomic E-state index is 0.220. The minimum Gasteiger partial charge on any atom is -0.444 e. The summed E-state index contributed by atoms with van der Waals surface area (Å²) >= 11 is 0. The average Bonchev–Trinajstić information content (AvgIpc) is 3.09. The van der Waals surface area contributed by atoms with E-state index in [0.29, 0.717) is 19.1 Å². The maximum absolute atomic E-state index is 12.2. The molecule has 2 aliphatic heterocycles. The second-order valence-corrected chi connectivity index (χ2v) is 8.60. The molecule has 0 aromatic carbocycles. The van der Waals surface area contributed by atoms with E-state index in [1.54, 1.807) is 4.90 Å². The van der Waals surface area contributed by atoms with Gasteiger partial charge in [0.15, 0.2) is 0 Å². The Morgan fingerprint density at radius 1 is 1.19 bits per heavy atom. The zero-order valence-electron chi connectivity index (χ0n) is 17.3. The molecule has 1 amide bonds. The molecule has 0 saturated carbocycles. The van der Waals surface area contributed by atoms with Gasteiger partial charge < -0.3 is 14.5 Å². The molecular weight excluding hydrogens is 340 g/mol. The highest BCUT2D eigenvalue weighted by Crippen LogP contribution is 2.32. The molecule has 6 heteroatoms. The van der Waals surface area contributed by atoms with E-state index in [4.69, 9.17) is 9.72 Å². The monoisotopic (exact) mass is 374 g/mol. The third-order valence-corrected chi connectivity index (χ3v) is 5.29. The second-order valence-electron chi connectivity index (χ2n) is 8.60. The van der Waals surface area contributed by atoms with Gasteiger partial charge in [-0.25, -0.2) is 9.78 Å². The molecule has 1 atom stereocenters. The molecule has 2 saturated heterocycles. The first-order valence-corrected chi connectivity index (χ1v) is 10.3. The van der Waals surface area contributed by atoms with Gasteiger partial charge in [-0.1, -0.05) is 13.0 Å². The SMILES string of the molecule is CCCN1CCC[C@H]1c1ccc(N2CCN(C(=O)OC(C)(C)C)CC2)nc1. The highest BCUT2D eigenvalue weighted by atomic mass is 16.6. The van der Waals surface area contributed by atoms with Crippen LogP contribution < -0.4 is 4.90 Å². The van der Waals surface area contributed by atoms with Crippen LogP contribution in [0.3, 0.4) is 0 Å². The summed E-state index contributed by atoms with van der Waals surface area (Å²) in [7, 11) is 0. The highest BCUT2D eigenvalue weighted by Gasteiger charge is 2.27. The number of rotatable bonds is 4. The maximum atomic E-state index is 12.2. The van der Waals surface area contributed by atoms with Crippen LogP contribution in [0.1, 0.15) is 58.6 Å². The molecule has 1 aromatic heterocycles. The van der Waals surface area contributed by atoms with Crippen molar-refractivity contribution in [2.24, 2.45) is 0 Å². The predicted molar refractivity (Wildman–Crippen MR) is 108 cm³/mol. The zero-order valence-corrected chi connectivity index (χ0v) is 17.3. The lowest BCUT2D eigenvalue weighted by atomic mass is 10.1. The number of aromatic nitrogens is 1. The van der Waals surface area contributed by atoms with Crippen molar-refractivity contribution in [3.05, 3.63) is 23.9 Å². The lowest BCUT2D eigenvalue weighted by Crippen LogP contribution is -2.50. The summed E-state index contributed by atoms with van der Waals surface area (Å²) in [5.41, 5.74) is 0.884. The van der Waals surface area contributed by atoms with Crippen molar-refractivity contribution in [2.75, 3.05) is 44.2 Å². The molecule has 0 radical (unpaired) electrons. The maximum Gasteiger partial charge on any atom is 0.410 e. The number of ether oxygens (including phenoxy) is 1. The lowest BCUT2D eigenvalue weighted by Gasteiger charge is -2.36. The normalized spacial score (nSPS) is 21.6. The number of piperazine rings is 1. The first-order valence-electron chi connectivity index (χ1n) is 10.3. The summed E-state index contributed by atoms with van der Waals surface area (Å²) in [5.74, 6) is 1.00. The summed E-state index contributed by atoms with van der Waals surface area (Å²) in [6.07, 6.45) is 5.54. The number of anilines is 1. The van der Waals surface area contributed by atoms with Crippen molar-refractivity contribution in [3.63, 3.8) is 0 Å². The highest BCUT2D eigenvalue weighted by molar-refractivity contribution is 5.68. The van der Waals surface area contributed by atoms with Gasteiger partial charge in [-0.05, 0) is 64.8 Å². The molecule has 27 heavy (non-hydrogen) atoms. The summed E-state index contributed by atoms with van der Waals surface area (Å²) in [6, 6.07) is 4.90. The number of hydrogen-bond donors (Lipinski definition) is 0. The minimum atomic E-state index is -0.447. The van der Waals surface area contributed by atoms with Gasteiger partial charge in [0.2, 0.25) is 0 Å². The van der Waals surface area contributed by atoms with Gasteiger partial charge in [-0.3, -0.25) is 4.90 Å². The van der Waals surface area contributed by atoms with E-state index < -0.39 is 5.60 Å². The molecule has 0 N–H and O–H groups in total. The number of likely N-dealkylation sites (tertiary alicyclic amines) is 1. The van der Waals surface area contributed by atoms with Gasteiger partial charge in [0.05, 0.1) is 0 Å². The van der Waals surface area contributed by atoms with Gasteiger partial charge in [0, 0.05) is 38.4 Å². The Hall–Kier alpha value is -1.82. The van der Waals surface area contributed by atoms with Crippen molar-refractivity contribution < 1.29 is 9.53 Å². The topological polar surface area (TPSA) is 48.9 Å². The fourth-order valence-electron chi connectivity index (χ4n) is 3.98. The first kappa shape index (κ1) is 19.9. The fraction of sp³-hybridized carbons (Fsp3) is 0.714. The van der Waals surface area contributed by atoms with Gasteiger partial charge in [-0.2, -0.15) is 0 Å². The summed E-state index contributed by atoms with van der Waals surface area (Å²) < 4.78 is 5.47. The Labute approximate surface area is 163 Å². The number of pyridine rings is 1. The molecule has 0 spiro atoms. The molecule has 3 rings (SSSR count). The standard InChI is InChI=1S/C21H34N4O2/c1-5-10-23-11-6-7-18(23)17-8-9-19(22-16-17)24-12-14-25(15-13-24)20(26)27-21(2,3)4/h8-9,16,18H,5-7,10-15H2,1-4H3/t18-/m0/s1. The van der Waals surface area contributed by atoms with Crippen molar-refractivity contribution in [1.82, 2.24) is 14.8 Å². The summed E-state index contributed by atoms with van der Waals surface area (Å²) in [4.78, 5) is 23.6. The quantitative estimate of drug-likeness (QED) is 0.804. The van der Waals surface area contributed by atoms with E-state index in [2.05, 4.69) is 28.9 Å². The van der Waals surface area contributed by atoms with Crippen LogP contribution in [-0.2, 0) is 4.74 Å². The first-order chi connectivity index (χ1) is 12.9. The van der Waals surface area contributed by atoms with Crippen molar-refractivity contribution >= 4 is 11.9 Å². The van der Waals surface area contributed by atoms with E-state index in [1.807, 2.05) is 27.0 Å². The van der Waals surface area contributed by atoms with Crippen LogP contribution in [0.15, 0.2) is 18.3 Å². The number of carbonyl (C=O) groups is 1. The summed E-state index contributed by atoms with van der Waals surface area (Å²) in [5, 5.41) is 0. The van der Waals surface area contributed by atoms with Crippen LogP contribution in [0.5, 0.6) is 0 Å². The largest absolute Gasteiger partial charge is 0.444 e. The predicted octanol–water partition coefficient (Wildman–Crippen LogP) is 3.69. The van der Waals surface area contributed by atoms with Crippen molar-refractivity contribution in [3.8, 4) is 0 Å². The number of nitrogens with zero attached hydrogens (tertiary/aromatic N) is 4. The van der Waals surface area contributed by atoms with E-state index in [9.17, 15) is 4.79 Å². The smallest absolute Gasteiger partial charge is 0.410 e. The van der Waals surface area contributed by atoms with E-state index in [1.165, 1.54) is 37.9 Å². The second kappa shape index (κ2) is 8.46. The van der Waals surface area contributed by atoms with Gasteiger partial charge in [0.1, 0.15) is 11.4 Å². The van der Waals surface area contributed by atoms with Crippen LogP contribution >= 0.6 is 0 Å². The molecule has 3 heterocycles. The Morgan fingerprint density at radius 3 is 2.52 bits per heavy atom. The van der Waals surface area contributed by atoms with Gasteiger partial charge >= 0.3 is 6.09 Å². The van der Waals surface area contributed by atoms with Crippen LogP contribution in [0.2, 0.25) is 0 Å². The van der Waals surface area contributed by atoms with Crippen LogP contribution in [-0.4, -0.2) is 65.7 Å². The fourth-order valence-corrected chi connectivity index (χ4v) is 3.98. The van der Waals surface area contributed by atoms with E-state index in [0.717, 1.165) is 18.9 Å². The molecule has 0 bridgehead atoms. The van der Waals surface area contributed by atoms with E-state index >= 15 is 0 Å². The third-order valence-electron chi connectivity index (χ3n) is 5.29. The molecule has 2 aliphatic rings. The van der Waals surface area contributed by atoms with Crippen LogP contribution in [0, 0.1) is 0 Å². The number of carbonyl (C=O) groups excluding carboxylic acids is 1. The molecule has 0 aliphatic carbocycles. The van der Waals surface area contributed by atoms with E-state index in [-0.39, 0.29) is 6.09 Å². The molecule has 6 nitrogen and oxygen atoms in total. The van der Waals surface area contributed by atoms with Crippen molar-refractivity contribution in [1.29, 1.82) is 0 Å². The Morgan fingerprint density at radius 2 is 1.93 bits per heavy atom. The van der Waals surface area contributed by atoms with Crippen molar-refractivity contribution in [2.45, 2.75) is 58.6 Å². The summed E-state index contributed by atoms with van der Waals surface area (Å²) in [6.45, 7) is 13.2. The number of amides is 1. The molecular formula is C21H34N4O2. The Balaban J connectivity index is 1.55. The number of hydrogen-bond acceptors (Lipinski definition) is 5. The van der Waals surface area contributed by atoms with Gasteiger partial charge in [-0.15, -0.1) is 0 Å². The molecule has 2 fully saturated rings. The Kier molecular flexibility index (Phi) is 6.25. The molecule has 1 aromatic rings. The van der Waals surface area contributed by atoms with Crippen LogP contribution in [0.25, 0.3) is 0 Å². The lowest BCUT2D eigenvalue weighted by molar-refractivity contribution is 0.0240. The van der Waals surface area contributed by atoms with Crippen LogP contribution in [0.4, 0.5) is 10.6 Å². The third kappa shape index (κ3) is 5.12. The Bertz CT molecular complexity index is 618. The van der Waals surface area contributed by atoms with Gasteiger partial charge in [0.25, 0.3) is 0 Å². The molecule has 0 unspecified atom stereocenters. The average molecular weight is 375 g/mol. The molecule has 150 valence electrons. The zero-order chi connectivity index (χ0) is 19.4.